The minimum atomic E-state index is -0.868. The fourth-order valence-electron chi connectivity index (χ4n) is 4.01. The van der Waals surface area contributed by atoms with Gasteiger partial charge >= 0.3 is 0 Å². The predicted octanol–water partition coefficient (Wildman–Crippen LogP) is 4.74. The monoisotopic (exact) mass is 453 g/mol. The zero-order chi connectivity index (χ0) is 23.7. The molecule has 1 N–H and O–H groups in total. The first-order chi connectivity index (χ1) is 15.8. The minimum absolute atomic E-state index is 0.00196. The Morgan fingerprint density at radius 1 is 1.21 bits per heavy atom. The van der Waals surface area contributed by atoms with Gasteiger partial charge < -0.3 is 28.3 Å². The van der Waals surface area contributed by atoms with Gasteiger partial charge in [-0.15, -0.1) is 0 Å². The molecule has 1 aromatic carbocycles. The second-order valence-electron chi connectivity index (χ2n) is 8.20. The van der Waals surface area contributed by atoms with Crippen LogP contribution in [-0.2, 0) is 9.53 Å². The highest BCUT2D eigenvalue weighted by Gasteiger charge is 2.45. The third-order valence-corrected chi connectivity index (χ3v) is 5.53. The van der Waals surface area contributed by atoms with Crippen LogP contribution in [0, 0.1) is 6.92 Å². The van der Waals surface area contributed by atoms with E-state index in [2.05, 4.69) is 0 Å². The number of para-hydroxylation sites is 1. The fourth-order valence-corrected chi connectivity index (χ4v) is 4.01. The molecule has 1 amide bonds. The highest BCUT2D eigenvalue weighted by Crippen LogP contribution is 2.40. The summed E-state index contributed by atoms with van der Waals surface area (Å²) >= 11 is 0. The van der Waals surface area contributed by atoms with Gasteiger partial charge in [0, 0.05) is 18.5 Å². The molecule has 0 saturated heterocycles. The third-order valence-electron chi connectivity index (χ3n) is 5.53. The van der Waals surface area contributed by atoms with E-state index in [4.69, 9.17) is 18.3 Å². The lowest BCUT2D eigenvalue weighted by molar-refractivity contribution is -0.129. The molecule has 4 rings (SSSR count). The SMILES string of the molecule is COc1cccc2cc(C(=O)C3=C(O)C(=O)N(CCCOC(C)C)C3c3ccc(C)o3)oc12. The second kappa shape index (κ2) is 9.15. The summed E-state index contributed by atoms with van der Waals surface area (Å²) in [5, 5.41) is 11.4. The Morgan fingerprint density at radius 2 is 2.00 bits per heavy atom. The molecule has 1 aliphatic rings. The van der Waals surface area contributed by atoms with Crippen LogP contribution >= 0.6 is 0 Å². The van der Waals surface area contributed by atoms with Gasteiger partial charge in [-0.2, -0.15) is 0 Å². The molecule has 1 aliphatic heterocycles. The van der Waals surface area contributed by atoms with Gasteiger partial charge in [-0.05, 0) is 51.5 Å². The average molecular weight is 453 g/mol. The Kier molecular flexibility index (Phi) is 6.29. The van der Waals surface area contributed by atoms with Crippen molar-refractivity contribution in [3.05, 3.63) is 65.0 Å². The number of aryl methyl sites for hydroxylation is 1. The molecule has 8 nitrogen and oxygen atoms in total. The summed E-state index contributed by atoms with van der Waals surface area (Å²) in [4.78, 5) is 27.9. The van der Waals surface area contributed by atoms with Crippen LogP contribution in [0.15, 0.2) is 56.6 Å². The number of hydrogen-bond acceptors (Lipinski definition) is 7. The molecule has 0 saturated carbocycles. The number of rotatable bonds is 9. The second-order valence-corrected chi connectivity index (χ2v) is 8.20. The smallest absolute Gasteiger partial charge is 0.290 e. The van der Waals surface area contributed by atoms with Crippen molar-refractivity contribution in [2.45, 2.75) is 39.3 Å². The molecule has 0 bridgehead atoms. The maximum Gasteiger partial charge on any atom is 0.290 e. The lowest BCUT2D eigenvalue weighted by Crippen LogP contribution is -2.32. The molecule has 33 heavy (non-hydrogen) atoms. The Labute approximate surface area is 191 Å². The molecule has 1 atom stereocenters. The number of methoxy groups -OCH3 is 1. The Hall–Kier alpha value is -3.52. The Bertz CT molecular complexity index is 1220. The molecule has 3 aromatic rings. The summed E-state index contributed by atoms with van der Waals surface area (Å²) in [7, 11) is 1.51. The van der Waals surface area contributed by atoms with E-state index in [1.165, 1.54) is 12.0 Å². The quantitative estimate of drug-likeness (QED) is 0.369. The maximum atomic E-state index is 13.5. The maximum absolute atomic E-state index is 13.5. The number of Topliss-reactive ketones (excluding diaryl/α,β-unsaturated/α-hetero) is 1. The molecule has 1 unspecified atom stereocenters. The van der Waals surface area contributed by atoms with Crippen molar-refractivity contribution in [3.8, 4) is 5.75 Å². The summed E-state index contributed by atoms with van der Waals surface area (Å²) in [6.45, 7) is 6.37. The molecule has 0 radical (unpaired) electrons. The molecule has 0 fully saturated rings. The number of nitrogens with zero attached hydrogens (tertiary/aromatic N) is 1. The highest BCUT2D eigenvalue weighted by atomic mass is 16.5. The van der Waals surface area contributed by atoms with E-state index < -0.39 is 23.5 Å². The van der Waals surface area contributed by atoms with Crippen molar-refractivity contribution in [1.82, 2.24) is 4.90 Å². The molecule has 3 heterocycles. The van der Waals surface area contributed by atoms with E-state index in [1.807, 2.05) is 13.8 Å². The van der Waals surface area contributed by atoms with Crippen molar-refractivity contribution in [2.75, 3.05) is 20.3 Å². The average Bonchev–Trinajstić information content (AvgIpc) is 3.47. The summed E-state index contributed by atoms with van der Waals surface area (Å²) in [6.07, 6.45) is 0.605. The normalized spacial score (nSPS) is 16.5. The van der Waals surface area contributed by atoms with Crippen LogP contribution in [0.5, 0.6) is 5.75 Å². The number of hydrogen-bond donors (Lipinski definition) is 1. The molecular formula is C25H27NO7. The van der Waals surface area contributed by atoms with E-state index in [0.29, 0.717) is 41.3 Å². The molecule has 0 aliphatic carbocycles. The van der Waals surface area contributed by atoms with E-state index >= 15 is 0 Å². The zero-order valence-corrected chi connectivity index (χ0v) is 19.1. The van der Waals surface area contributed by atoms with Gasteiger partial charge in [-0.3, -0.25) is 9.59 Å². The van der Waals surface area contributed by atoms with Crippen molar-refractivity contribution in [3.63, 3.8) is 0 Å². The van der Waals surface area contributed by atoms with Crippen LogP contribution in [0.4, 0.5) is 0 Å². The Balaban J connectivity index is 1.70. The van der Waals surface area contributed by atoms with Crippen LogP contribution in [-0.4, -0.2) is 48.1 Å². The van der Waals surface area contributed by atoms with Crippen molar-refractivity contribution in [1.29, 1.82) is 0 Å². The van der Waals surface area contributed by atoms with Crippen LogP contribution < -0.4 is 4.74 Å². The van der Waals surface area contributed by atoms with Crippen LogP contribution in [0.1, 0.15) is 48.4 Å². The van der Waals surface area contributed by atoms with Crippen molar-refractivity contribution < 1.29 is 33.0 Å². The van der Waals surface area contributed by atoms with E-state index in [0.717, 1.165) is 0 Å². The van der Waals surface area contributed by atoms with Gasteiger partial charge in [0.1, 0.15) is 17.6 Å². The first-order valence-electron chi connectivity index (χ1n) is 10.8. The van der Waals surface area contributed by atoms with Crippen LogP contribution in [0.25, 0.3) is 11.0 Å². The minimum Gasteiger partial charge on any atom is -0.503 e. The number of furan rings is 2. The van der Waals surface area contributed by atoms with Crippen molar-refractivity contribution >= 4 is 22.7 Å². The number of aliphatic hydroxyl groups excluding tert-OH is 1. The highest BCUT2D eigenvalue weighted by molar-refractivity contribution is 6.16. The van der Waals surface area contributed by atoms with E-state index in [-0.39, 0.29) is 24.0 Å². The van der Waals surface area contributed by atoms with Crippen molar-refractivity contribution in [2.24, 2.45) is 0 Å². The first kappa shape index (κ1) is 22.7. The first-order valence-corrected chi connectivity index (χ1v) is 10.8. The van der Waals surface area contributed by atoms with E-state index in [9.17, 15) is 14.7 Å². The van der Waals surface area contributed by atoms with Gasteiger partial charge in [-0.1, -0.05) is 12.1 Å². The number of ether oxygens (including phenoxy) is 2. The summed E-state index contributed by atoms with van der Waals surface area (Å²) in [5.74, 6) is -0.302. The topological polar surface area (TPSA) is 102 Å². The number of benzene rings is 1. The van der Waals surface area contributed by atoms with Crippen LogP contribution in [0.3, 0.4) is 0 Å². The largest absolute Gasteiger partial charge is 0.503 e. The number of carbonyl (C=O) groups excluding carboxylic acids is 2. The number of carbonyl (C=O) groups is 2. The molecule has 2 aromatic heterocycles. The van der Waals surface area contributed by atoms with Gasteiger partial charge in [0.05, 0.1) is 18.8 Å². The summed E-state index contributed by atoms with van der Waals surface area (Å²) in [5.41, 5.74) is 0.345. The summed E-state index contributed by atoms with van der Waals surface area (Å²) in [6, 6.07) is 9.48. The van der Waals surface area contributed by atoms with E-state index in [1.54, 1.807) is 43.3 Å². The third kappa shape index (κ3) is 4.26. The fraction of sp³-hybridized carbons (Fsp3) is 0.360. The molecule has 0 spiro atoms. The summed E-state index contributed by atoms with van der Waals surface area (Å²) < 4.78 is 22.5. The molecule has 174 valence electrons. The lowest BCUT2D eigenvalue weighted by atomic mass is 9.99. The van der Waals surface area contributed by atoms with Gasteiger partial charge in [-0.25, -0.2) is 0 Å². The predicted molar refractivity (Wildman–Crippen MR) is 120 cm³/mol. The number of fused-ring (bicyclic) bond motifs is 1. The number of aliphatic hydroxyl groups is 1. The Morgan fingerprint density at radius 3 is 2.67 bits per heavy atom. The van der Waals surface area contributed by atoms with Crippen LogP contribution in [0.2, 0.25) is 0 Å². The van der Waals surface area contributed by atoms with Gasteiger partial charge in [0.2, 0.25) is 5.78 Å². The molecular weight excluding hydrogens is 426 g/mol. The molecule has 8 heteroatoms. The zero-order valence-electron chi connectivity index (χ0n) is 19.1. The van der Waals surface area contributed by atoms with Gasteiger partial charge in [0.25, 0.3) is 5.91 Å². The lowest BCUT2D eigenvalue weighted by Gasteiger charge is -2.24. The van der Waals surface area contributed by atoms with Gasteiger partial charge in [0.15, 0.2) is 22.9 Å². The number of amides is 1. The standard InChI is InChI=1S/C25H27NO7/c1-14(2)31-12-6-11-26-21(17-10-9-15(3)32-17)20(23(28)25(26)29)22(27)19-13-16-7-5-8-18(30-4)24(16)33-19/h5,7-10,13-14,21,28H,6,11-12H2,1-4H3. The number of ketones is 1.